The van der Waals surface area contributed by atoms with Crippen molar-refractivity contribution in [2.24, 2.45) is 5.14 Å². The Labute approximate surface area is 150 Å². The van der Waals surface area contributed by atoms with Crippen LogP contribution in [-0.4, -0.2) is 65.1 Å². The minimum absolute atomic E-state index is 0. The Morgan fingerprint density at radius 2 is 1.96 bits per heavy atom. The minimum Gasteiger partial charge on any atom is -1.00 e. The van der Waals surface area contributed by atoms with Gasteiger partial charge in [-0.3, -0.25) is 4.48 Å². The molecule has 0 aliphatic carbocycles. The summed E-state index contributed by atoms with van der Waals surface area (Å²) in [5, 5.41) is 5.12. The molecule has 4 heterocycles. The van der Waals surface area contributed by atoms with E-state index in [1.54, 1.807) is 6.08 Å². The van der Waals surface area contributed by atoms with E-state index >= 15 is 0 Å². The number of nitrogens with zero attached hydrogens (tertiary/aromatic N) is 2. The topological polar surface area (TPSA) is 107 Å². The molecule has 1 aromatic rings. The van der Waals surface area contributed by atoms with E-state index in [1.165, 1.54) is 10.4 Å². The van der Waals surface area contributed by atoms with Crippen LogP contribution in [0.15, 0.2) is 20.2 Å². The minimum atomic E-state index is -3.91. The normalized spacial score (nSPS) is 24.0. The van der Waals surface area contributed by atoms with Crippen molar-refractivity contribution in [3.05, 3.63) is 17.3 Å². The SMILES string of the molecule is NS(=O)(=O)c1cc2c(s1)S(=O)(=O)N1C[N+]3(CCOCC3)CC1=C2.[Cl-]. The van der Waals surface area contributed by atoms with Gasteiger partial charge in [-0.25, -0.2) is 17.9 Å². The van der Waals surface area contributed by atoms with Gasteiger partial charge in [0.05, 0.1) is 18.9 Å². The van der Waals surface area contributed by atoms with Crippen LogP contribution in [0.25, 0.3) is 6.08 Å². The number of rotatable bonds is 1. The Bertz CT molecular complexity index is 916. The molecule has 0 saturated carbocycles. The average Bonchev–Trinajstić information content (AvgIpc) is 3.03. The molecule has 0 radical (unpaired) electrons. The zero-order valence-corrected chi connectivity index (χ0v) is 15.7. The molecule has 2 saturated heterocycles. The molecular weight excluding hydrogens is 398 g/mol. The highest BCUT2D eigenvalue weighted by atomic mass is 35.5. The molecule has 0 atom stereocenters. The van der Waals surface area contributed by atoms with Gasteiger partial charge in [0.15, 0.2) is 6.67 Å². The molecule has 134 valence electrons. The van der Waals surface area contributed by atoms with Gasteiger partial charge >= 0.3 is 0 Å². The van der Waals surface area contributed by atoms with Crippen molar-refractivity contribution >= 4 is 37.5 Å². The van der Waals surface area contributed by atoms with Gasteiger partial charge in [0.2, 0.25) is 10.0 Å². The lowest BCUT2D eigenvalue weighted by Gasteiger charge is -2.36. The van der Waals surface area contributed by atoms with Crippen molar-refractivity contribution in [3.63, 3.8) is 0 Å². The summed E-state index contributed by atoms with van der Waals surface area (Å²) in [6.07, 6.45) is 1.77. The molecule has 0 bridgehead atoms. The first kappa shape index (κ1) is 18.1. The van der Waals surface area contributed by atoms with E-state index in [0.29, 0.717) is 53.5 Å². The maximum absolute atomic E-state index is 12.9. The third-order valence-corrected chi connectivity index (χ3v) is 9.38. The summed E-state index contributed by atoms with van der Waals surface area (Å²) < 4.78 is 56.1. The first-order valence-electron chi connectivity index (χ1n) is 7.04. The van der Waals surface area contributed by atoms with Gasteiger partial charge in [-0.1, -0.05) is 0 Å². The van der Waals surface area contributed by atoms with Crippen molar-refractivity contribution in [3.8, 4) is 0 Å². The van der Waals surface area contributed by atoms with Crippen LogP contribution < -0.4 is 17.5 Å². The number of hydrogen-bond acceptors (Lipinski definition) is 6. The van der Waals surface area contributed by atoms with Gasteiger partial charge in [0.25, 0.3) is 10.0 Å². The van der Waals surface area contributed by atoms with E-state index in [4.69, 9.17) is 9.88 Å². The van der Waals surface area contributed by atoms with Gasteiger partial charge in [-0.05, 0) is 12.1 Å². The fraction of sp³-hybridized carbons (Fsp3) is 0.500. The van der Waals surface area contributed by atoms with Crippen LogP contribution in [0.2, 0.25) is 0 Å². The second kappa shape index (κ2) is 5.66. The number of morpholine rings is 1. The van der Waals surface area contributed by atoms with Gasteiger partial charge in [-0.2, -0.15) is 8.42 Å². The lowest BCUT2D eigenvalue weighted by atomic mass is 10.2. The highest BCUT2D eigenvalue weighted by Gasteiger charge is 2.49. The smallest absolute Gasteiger partial charge is 0.278 e. The molecule has 2 fully saturated rings. The molecule has 4 rings (SSSR count). The fourth-order valence-electron chi connectivity index (χ4n) is 3.30. The predicted molar refractivity (Wildman–Crippen MR) is 83.2 cm³/mol. The summed E-state index contributed by atoms with van der Waals surface area (Å²) >= 11 is 0.714. The Kier molecular flexibility index (Phi) is 4.27. The standard InChI is InChI=1S/C12H16N3O5S3.ClH/c13-22(16,17)11-6-9-5-10-7-15(1-3-20-4-2-15)8-14(10)23(18,19)12(9)21-11;/h5-6H,1-4,7-8H2,(H2,13,16,17);1H/q+1;/p-1. The quantitative estimate of drug-likeness (QED) is 0.482. The van der Waals surface area contributed by atoms with Crippen molar-refractivity contribution < 1.29 is 38.5 Å². The van der Waals surface area contributed by atoms with E-state index in [9.17, 15) is 16.8 Å². The van der Waals surface area contributed by atoms with Crippen LogP contribution in [0.5, 0.6) is 0 Å². The number of fused-ring (bicyclic) bond motifs is 2. The van der Waals surface area contributed by atoms with Crippen LogP contribution >= 0.6 is 11.3 Å². The predicted octanol–water partition coefficient (Wildman–Crippen LogP) is -3.44. The molecule has 0 amide bonds. The van der Waals surface area contributed by atoms with Crippen molar-refractivity contribution in [1.82, 2.24) is 4.31 Å². The van der Waals surface area contributed by atoms with E-state index in [2.05, 4.69) is 0 Å². The highest BCUT2D eigenvalue weighted by molar-refractivity contribution is 7.94. The summed E-state index contributed by atoms with van der Waals surface area (Å²) in [7, 11) is -7.64. The second-order valence-corrected chi connectivity index (χ2v) is 10.9. The molecule has 1 aromatic heterocycles. The maximum Gasteiger partial charge on any atom is 0.278 e. The van der Waals surface area contributed by atoms with Crippen LogP contribution in [0.3, 0.4) is 0 Å². The number of hydrogen-bond donors (Lipinski definition) is 1. The zero-order valence-electron chi connectivity index (χ0n) is 12.5. The zero-order chi connectivity index (χ0) is 16.5. The van der Waals surface area contributed by atoms with Gasteiger partial charge in [0, 0.05) is 5.56 Å². The number of primary sulfonamides is 1. The second-order valence-electron chi connectivity index (χ2n) is 6.04. The molecule has 1 spiro atoms. The number of ether oxygens (including phenoxy) is 1. The summed E-state index contributed by atoms with van der Waals surface area (Å²) in [4.78, 5) is 0. The van der Waals surface area contributed by atoms with E-state index in [1.807, 2.05) is 0 Å². The lowest BCUT2D eigenvalue weighted by Crippen LogP contribution is -3.00. The van der Waals surface area contributed by atoms with E-state index in [-0.39, 0.29) is 20.8 Å². The first-order chi connectivity index (χ1) is 10.7. The van der Waals surface area contributed by atoms with Gasteiger partial charge in [0.1, 0.15) is 28.1 Å². The van der Waals surface area contributed by atoms with Gasteiger partial charge in [-0.15, -0.1) is 11.3 Å². The Morgan fingerprint density at radius 1 is 1.29 bits per heavy atom. The number of sulfonamides is 2. The summed E-state index contributed by atoms with van der Waals surface area (Å²) in [6, 6.07) is 1.35. The first-order valence-corrected chi connectivity index (χ1v) is 10.8. The fourth-order valence-corrected chi connectivity index (χ4v) is 7.46. The summed E-state index contributed by atoms with van der Waals surface area (Å²) in [6.45, 7) is 3.79. The van der Waals surface area contributed by atoms with Crippen molar-refractivity contribution in [2.75, 3.05) is 39.5 Å². The number of quaternary nitrogens is 1. The van der Waals surface area contributed by atoms with Crippen molar-refractivity contribution in [2.45, 2.75) is 8.42 Å². The monoisotopic (exact) mass is 413 g/mol. The van der Waals surface area contributed by atoms with Crippen LogP contribution in [-0.2, 0) is 24.8 Å². The Hall–Kier alpha value is -0.690. The molecule has 0 unspecified atom stereocenters. The molecule has 2 N–H and O–H groups in total. The third-order valence-electron chi connectivity index (χ3n) is 4.50. The summed E-state index contributed by atoms with van der Waals surface area (Å²) in [5.41, 5.74) is 1.12. The number of thiophene rings is 1. The van der Waals surface area contributed by atoms with Crippen LogP contribution in [0, 0.1) is 0 Å². The Morgan fingerprint density at radius 3 is 2.58 bits per heavy atom. The maximum atomic E-state index is 12.9. The van der Waals surface area contributed by atoms with E-state index < -0.39 is 20.0 Å². The highest BCUT2D eigenvalue weighted by Crippen LogP contribution is 2.42. The molecule has 3 aliphatic rings. The summed E-state index contributed by atoms with van der Waals surface area (Å²) in [5.74, 6) is 0. The molecule has 0 aromatic carbocycles. The Balaban J connectivity index is 0.00000169. The molecule has 24 heavy (non-hydrogen) atoms. The lowest BCUT2D eigenvalue weighted by molar-refractivity contribution is -0.925. The number of halogens is 1. The van der Waals surface area contributed by atoms with Crippen LogP contribution in [0.4, 0.5) is 0 Å². The molecule has 8 nitrogen and oxygen atoms in total. The van der Waals surface area contributed by atoms with Crippen molar-refractivity contribution in [1.29, 1.82) is 0 Å². The third kappa shape index (κ3) is 2.68. The van der Waals surface area contributed by atoms with Gasteiger partial charge < -0.3 is 17.1 Å². The largest absolute Gasteiger partial charge is 1.00 e. The molecule has 12 heteroatoms. The van der Waals surface area contributed by atoms with Crippen LogP contribution in [0.1, 0.15) is 5.56 Å². The van der Waals surface area contributed by atoms with E-state index in [0.717, 1.165) is 13.1 Å². The molecule has 3 aliphatic heterocycles. The molecular formula is C12H16ClN3O5S3. The number of nitrogens with two attached hydrogens (primary N) is 1. The average molecular weight is 414 g/mol.